The molecule has 2 nitrogen and oxygen atoms in total. The van der Waals surface area contributed by atoms with Gasteiger partial charge in [0.2, 0.25) is 9.84 Å². The van der Waals surface area contributed by atoms with Gasteiger partial charge in [0.25, 0.3) is 0 Å². The lowest BCUT2D eigenvalue weighted by molar-refractivity contribution is 0.589. The van der Waals surface area contributed by atoms with Crippen molar-refractivity contribution in [3.05, 3.63) is 177 Å². The Bertz CT molecular complexity index is 2620. The van der Waals surface area contributed by atoms with Crippen molar-refractivity contribution in [2.24, 2.45) is 0 Å². The summed E-state index contributed by atoms with van der Waals surface area (Å²) in [4.78, 5) is 0.611. The first kappa shape index (κ1) is 40.8. The van der Waals surface area contributed by atoms with Crippen LogP contribution in [0.5, 0.6) is 0 Å². The van der Waals surface area contributed by atoms with Crippen LogP contribution in [-0.2, 0) is 37.9 Å². The molecular formula is C56H60O2S. The fourth-order valence-electron chi connectivity index (χ4n) is 8.83. The van der Waals surface area contributed by atoms with Gasteiger partial charge in [-0.05, 0) is 154 Å². The smallest absolute Gasteiger partial charge is 0.206 e. The Kier molecular flexibility index (Phi) is 9.71. The summed E-state index contributed by atoms with van der Waals surface area (Å²) in [5.74, 6) is 0.201. The molecule has 0 saturated carbocycles. The molecule has 2 aliphatic carbocycles. The number of hydrogen-bond donors (Lipinski definition) is 0. The number of sulfone groups is 1. The summed E-state index contributed by atoms with van der Waals surface area (Å²) >= 11 is 0. The van der Waals surface area contributed by atoms with E-state index in [0.29, 0.717) is 9.79 Å². The average Bonchev–Trinajstić information content (AvgIpc) is 3.64. The lowest BCUT2D eigenvalue weighted by Crippen LogP contribution is -2.11. The molecule has 0 radical (unpaired) electrons. The molecule has 0 atom stereocenters. The van der Waals surface area contributed by atoms with Crippen molar-refractivity contribution in [2.75, 3.05) is 0 Å². The summed E-state index contributed by atoms with van der Waals surface area (Å²) in [6.07, 6.45) is 3.01. The van der Waals surface area contributed by atoms with Gasteiger partial charge in [0.15, 0.2) is 0 Å². The second kappa shape index (κ2) is 14.1. The van der Waals surface area contributed by atoms with Gasteiger partial charge in [0.1, 0.15) is 0 Å². The number of rotatable bonds is 5. The molecule has 0 bridgehead atoms. The maximum atomic E-state index is 14.0. The predicted octanol–water partition coefficient (Wildman–Crippen LogP) is 14.6. The van der Waals surface area contributed by atoms with E-state index in [1.54, 1.807) is 24.3 Å². The van der Waals surface area contributed by atoms with Crippen LogP contribution in [0, 0.1) is 0 Å². The lowest BCUT2D eigenvalue weighted by atomic mass is 9.83. The van der Waals surface area contributed by atoms with E-state index in [9.17, 15) is 8.42 Å². The number of hydrogen-bond acceptors (Lipinski definition) is 2. The monoisotopic (exact) mass is 796 g/mol. The highest BCUT2D eigenvalue weighted by Gasteiger charge is 2.32. The van der Waals surface area contributed by atoms with Crippen LogP contribution in [0.15, 0.2) is 131 Å². The molecule has 0 spiro atoms. The molecule has 0 aromatic heterocycles. The topological polar surface area (TPSA) is 34.1 Å². The third-order valence-corrected chi connectivity index (χ3v) is 14.5. The molecular weight excluding hydrogens is 737 g/mol. The van der Waals surface area contributed by atoms with Crippen LogP contribution >= 0.6 is 0 Å². The zero-order valence-corrected chi connectivity index (χ0v) is 38.0. The minimum Gasteiger partial charge on any atom is -0.219 e. The van der Waals surface area contributed by atoms with Gasteiger partial charge < -0.3 is 0 Å². The number of benzene rings is 6. The van der Waals surface area contributed by atoms with E-state index < -0.39 is 9.84 Å². The molecule has 6 aromatic carbocycles. The Labute approximate surface area is 354 Å². The molecule has 8 rings (SSSR count). The maximum absolute atomic E-state index is 14.0. The van der Waals surface area contributed by atoms with E-state index >= 15 is 0 Å². The Morgan fingerprint density at radius 1 is 0.424 bits per heavy atom. The Balaban J connectivity index is 1.07. The summed E-state index contributed by atoms with van der Waals surface area (Å²) < 4.78 is 28.1. The van der Waals surface area contributed by atoms with Gasteiger partial charge in [-0.25, -0.2) is 8.42 Å². The Morgan fingerprint density at radius 2 is 0.780 bits per heavy atom. The molecule has 302 valence electrons. The van der Waals surface area contributed by atoms with Crippen LogP contribution in [0.4, 0.5) is 0 Å². The maximum Gasteiger partial charge on any atom is 0.206 e. The second-order valence-electron chi connectivity index (χ2n) is 21.2. The highest BCUT2D eigenvalue weighted by atomic mass is 32.2. The van der Waals surface area contributed by atoms with E-state index in [-0.39, 0.29) is 27.6 Å². The standard InChI is InChI=1S/C56H60O2S/c1-53(2,3)37-17-25-43-47(44-26-18-38(54(4,5)6)32-50(44)49(43)31-37)29-35-13-21-41(22-14-35)59(57,58)42-23-15-36(16-24-42)30-48-45-27-19-39(55(7,8)9)33-51(45)52-34-40(56(10,11)12)20-28-46(48)52/h13-29,31-34,48H,30H2,1-12H3. The van der Waals surface area contributed by atoms with Gasteiger partial charge in [-0.2, -0.15) is 0 Å². The van der Waals surface area contributed by atoms with Crippen molar-refractivity contribution in [1.82, 2.24) is 0 Å². The molecule has 2 aliphatic rings. The van der Waals surface area contributed by atoms with Crippen molar-refractivity contribution >= 4 is 21.5 Å². The zero-order valence-electron chi connectivity index (χ0n) is 37.1. The van der Waals surface area contributed by atoms with E-state index in [4.69, 9.17) is 0 Å². The normalized spacial score (nSPS) is 14.2. The zero-order chi connectivity index (χ0) is 42.4. The van der Waals surface area contributed by atoms with Crippen LogP contribution in [0.1, 0.15) is 145 Å². The molecule has 0 heterocycles. The molecule has 0 aliphatic heterocycles. The third-order valence-electron chi connectivity index (χ3n) is 12.7. The largest absolute Gasteiger partial charge is 0.219 e. The molecule has 0 amide bonds. The fourth-order valence-corrected chi connectivity index (χ4v) is 10.1. The van der Waals surface area contributed by atoms with Crippen LogP contribution in [-0.4, -0.2) is 8.42 Å². The van der Waals surface area contributed by atoms with Gasteiger partial charge in [0, 0.05) is 5.92 Å². The quantitative estimate of drug-likeness (QED) is 0.174. The van der Waals surface area contributed by atoms with Crippen molar-refractivity contribution in [1.29, 1.82) is 0 Å². The van der Waals surface area contributed by atoms with E-state index in [2.05, 4.69) is 162 Å². The third kappa shape index (κ3) is 7.57. The van der Waals surface area contributed by atoms with Crippen LogP contribution < -0.4 is 0 Å². The van der Waals surface area contributed by atoms with E-state index in [1.165, 1.54) is 72.3 Å². The first-order valence-electron chi connectivity index (χ1n) is 21.3. The molecule has 0 saturated heterocycles. The van der Waals surface area contributed by atoms with Crippen molar-refractivity contribution in [2.45, 2.75) is 127 Å². The van der Waals surface area contributed by atoms with Gasteiger partial charge in [-0.3, -0.25) is 0 Å². The second-order valence-corrected chi connectivity index (χ2v) is 23.1. The van der Waals surface area contributed by atoms with Crippen LogP contribution in [0.25, 0.3) is 33.9 Å². The lowest BCUT2D eigenvalue weighted by Gasteiger charge is -2.21. The summed E-state index contributed by atoms with van der Waals surface area (Å²) in [5.41, 5.74) is 19.0. The molecule has 0 unspecified atom stereocenters. The van der Waals surface area contributed by atoms with Gasteiger partial charge in [0.05, 0.1) is 9.79 Å². The van der Waals surface area contributed by atoms with Crippen molar-refractivity contribution in [3.8, 4) is 22.3 Å². The number of fused-ring (bicyclic) bond motifs is 6. The van der Waals surface area contributed by atoms with Crippen molar-refractivity contribution < 1.29 is 8.42 Å². The van der Waals surface area contributed by atoms with E-state index in [0.717, 1.165) is 17.5 Å². The van der Waals surface area contributed by atoms with Gasteiger partial charge in [-0.1, -0.05) is 168 Å². The minimum atomic E-state index is -3.72. The Morgan fingerprint density at radius 3 is 1.17 bits per heavy atom. The molecule has 3 heteroatoms. The summed E-state index contributed by atoms with van der Waals surface area (Å²) in [5, 5.41) is 0. The molecule has 0 fully saturated rings. The minimum absolute atomic E-state index is 0.0346. The van der Waals surface area contributed by atoms with Crippen LogP contribution in [0.3, 0.4) is 0 Å². The van der Waals surface area contributed by atoms with Crippen molar-refractivity contribution in [3.63, 3.8) is 0 Å². The summed E-state index contributed by atoms with van der Waals surface area (Å²) in [6, 6.07) is 42.7. The highest BCUT2D eigenvalue weighted by Crippen LogP contribution is 2.50. The summed E-state index contributed by atoms with van der Waals surface area (Å²) in [6.45, 7) is 27.2. The van der Waals surface area contributed by atoms with Gasteiger partial charge in [-0.15, -0.1) is 0 Å². The Hall–Kier alpha value is -4.99. The molecule has 0 N–H and O–H groups in total. The predicted molar refractivity (Wildman–Crippen MR) is 249 cm³/mol. The van der Waals surface area contributed by atoms with E-state index in [1.807, 2.05) is 24.3 Å². The SMILES string of the molecule is CC(C)(C)c1ccc2c(c1)-c1cc(C(C)(C)C)ccc1C2=Cc1ccc(S(=O)(=O)c2ccc(CC3c4ccc(C(C)(C)C)cc4-c4cc(C(C)(C)C)ccc43)cc2)cc1. The molecule has 59 heavy (non-hydrogen) atoms. The summed E-state index contributed by atoms with van der Waals surface area (Å²) in [7, 11) is -3.72. The molecule has 6 aromatic rings. The fraction of sp³-hybridized carbons (Fsp3) is 0.321. The van der Waals surface area contributed by atoms with Crippen LogP contribution in [0.2, 0.25) is 0 Å². The first-order chi connectivity index (χ1) is 27.5. The first-order valence-corrected chi connectivity index (χ1v) is 22.7. The highest BCUT2D eigenvalue weighted by molar-refractivity contribution is 7.91. The van der Waals surface area contributed by atoms with Gasteiger partial charge >= 0.3 is 0 Å². The average molecular weight is 797 g/mol.